The molecule has 1 aromatic carbocycles. The monoisotopic (exact) mass is 685 g/mol. The predicted molar refractivity (Wildman–Crippen MR) is 202 cm³/mol. The van der Waals surface area contributed by atoms with E-state index in [4.69, 9.17) is 0 Å². The molecular formula is C42H72N2O5. The molecule has 0 amide bonds. The molecule has 7 nitrogen and oxygen atoms in total. The van der Waals surface area contributed by atoms with Crippen LogP contribution in [-0.4, -0.2) is 73.3 Å². The maximum atomic E-state index is 13.2. The van der Waals surface area contributed by atoms with Gasteiger partial charge in [-0.2, -0.15) is 0 Å². The second-order valence-corrected chi connectivity index (χ2v) is 20.6. The van der Waals surface area contributed by atoms with Crippen LogP contribution in [0.15, 0.2) is 12.1 Å². The molecule has 0 aromatic heterocycles. The standard InChI is InChI=1S/C42H72N2O5/c1-36(2,3)31-21-27(22-32(33(31)45)37(4,5)6)20-28(29-23-38(7,8)43(15)39(9,10)24-29)18-17-19-42(34(46)47,35(48)49)30-25-40(11,12)44(16)41(13,14)26-30/h21-22,28-30,45H,17-20,23-26H2,1-16H3,(H,46,47)(H,48,49). The molecular weight excluding hydrogens is 612 g/mol. The highest BCUT2D eigenvalue weighted by Crippen LogP contribution is 2.51. The number of carbonyl (C=O) groups is 2. The summed E-state index contributed by atoms with van der Waals surface area (Å²) in [6, 6.07) is 4.37. The first kappa shape index (κ1) is 41.3. The molecule has 7 heteroatoms. The molecule has 0 spiro atoms. The lowest BCUT2D eigenvalue weighted by atomic mass is 9.60. The average Bonchev–Trinajstić information content (AvgIpc) is 2.90. The van der Waals surface area contributed by atoms with Gasteiger partial charge in [0.2, 0.25) is 0 Å². The van der Waals surface area contributed by atoms with E-state index in [1.807, 2.05) is 0 Å². The number of carboxylic acids is 2. The number of likely N-dealkylation sites (tertiary alicyclic amines) is 2. The third-order valence-electron chi connectivity index (χ3n) is 13.2. The molecule has 2 aliphatic rings. The molecule has 3 rings (SSSR count). The summed E-state index contributed by atoms with van der Waals surface area (Å²) < 4.78 is 0. The van der Waals surface area contributed by atoms with Crippen molar-refractivity contribution >= 4 is 11.9 Å². The highest BCUT2D eigenvalue weighted by molar-refractivity contribution is 5.98. The minimum Gasteiger partial charge on any atom is -0.507 e. The smallest absolute Gasteiger partial charge is 0.321 e. The summed E-state index contributed by atoms with van der Waals surface area (Å²) >= 11 is 0. The van der Waals surface area contributed by atoms with Gasteiger partial charge in [-0.15, -0.1) is 0 Å². The Morgan fingerprint density at radius 2 is 1.10 bits per heavy atom. The van der Waals surface area contributed by atoms with Crippen LogP contribution in [0.5, 0.6) is 5.75 Å². The van der Waals surface area contributed by atoms with Gasteiger partial charge in [-0.25, -0.2) is 0 Å². The van der Waals surface area contributed by atoms with Crippen molar-refractivity contribution in [3.63, 3.8) is 0 Å². The Hall–Kier alpha value is -2.12. The van der Waals surface area contributed by atoms with Gasteiger partial charge in [0, 0.05) is 22.2 Å². The summed E-state index contributed by atoms with van der Waals surface area (Å²) in [4.78, 5) is 31.2. The van der Waals surface area contributed by atoms with Crippen molar-refractivity contribution in [1.29, 1.82) is 0 Å². The van der Waals surface area contributed by atoms with Crippen LogP contribution in [0.4, 0.5) is 0 Å². The van der Waals surface area contributed by atoms with Crippen LogP contribution in [0, 0.1) is 23.2 Å². The summed E-state index contributed by atoms with van der Waals surface area (Å²) in [5.74, 6) is -1.92. The van der Waals surface area contributed by atoms with Crippen LogP contribution < -0.4 is 0 Å². The van der Waals surface area contributed by atoms with Crippen molar-refractivity contribution in [3.8, 4) is 5.75 Å². The minimum absolute atomic E-state index is 0.0239. The Bertz CT molecular complexity index is 1290. The van der Waals surface area contributed by atoms with Crippen LogP contribution in [0.2, 0.25) is 0 Å². The molecule has 1 unspecified atom stereocenters. The molecule has 0 bridgehead atoms. The van der Waals surface area contributed by atoms with Crippen LogP contribution in [0.3, 0.4) is 0 Å². The summed E-state index contributed by atoms with van der Waals surface area (Å²) in [6.07, 6.45) is 5.25. The number of nitrogens with zero attached hydrogens (tertiary/aromatic N) is 2. The molecule has 1 atom stereocenters. The molecule has 2 fully saturated rings. The molecule has 3 N–H and O–H groups in total. The lowest BCUT2D eigenvalue weighted by Gasteiger charge is -2.56. The predicted octanol–water partition coefficient (Wildman–Crippen LogP) is 9.27. The highest BCUT2D eigenvalue weighted by atomic mass is 16.4. The number of benzene rings is 1. The molecule has 280 valence electrons. The van der Waals surface area contributed by atoms with Gasteiger partial charge < -0.3 is 15.3 Å². The fourth-order valence-electron chi connectivity index (χ4n) is 9.77. The first-order valence-corrected chi connectivity index (χ1v) is 18.7. The number of piperidine rings is 2. The van der Waals surface area contributed by atoms with Gasteiger partial charge in [-0.1, -0.05) is 60.1 Å². The first-order valence-electron chi connectivity index (χ1n) is 18.7. The Kier molecular flexibility index (Phi) is 11.3. The van der Waals surface area contributed by atoms with Gasteiger partial charge in [0.05, 0.1) is 0 Å². The van der Waals surface area contributed by atoms with Gasteiger partial charge in [0.25, 0.3) is 0 Å². The number of hydrogen-bond donors (Lipinski definition) is 3. The SMILES string of the molecule is CN1C(C)(C)CC(C(CCCC(C(=O)O)(C(=O)O)C2CC(C)(C)N(C)C(C)(C)C2)Cc2cc(C(C)(C)C)c(O)c(C(C)(C)C)c2)CC1(C)C. The van der Waals surface area contributed by atoms with Crippen molar-refractivity contribution in [2.45, 2.75) is 181 Å². The number of carboxylic acid groups (broad SMARTS) is 2. The van der Waals surface area contributed by atoms with Crippen molar-refractivity contribution in [1.82, 2.24) is 9.80 Å². The van der Waals surface area contributed by atoms with Crippen LogP contribution in [0.1, 0.15) is 159 Å². The molecule has 1 aromatic rings. The van der Waals surface area contributed by atoms with E-state index in [2.05, 4.69) is 133 Å². The van der Waals surface area contributed by atoms with E-state index in [9.17, 15) is 24.9 Å². The molecule has 2 aliphatic heterocycles. The largest absolute Gasteiger partial charge is 0.507 e. The van der Waals surface area contributed by atoms with Crippen LogP contribution in [-0.2, 0) is 26.8 Å². The topological polar surface area (TPSA) is 101 Å². The Labute approximate surface area is 299 Å². The zero-order chi connectivity index (χ0) is 37.9. The van der Waals surface area contributed by atoms with Crippen molar-refractivity contribution in [2.24, 2.45) is 23.2 Å². The van der Waals surface area contributed by atoms with Gasteiger partial charge in [-0.3, -0.25) is 19.4 Å². The number of aliphatic carboxylic acids is 2. The van der Waals surface area contributed by atoms with Gasteiger partial charge in [-0.05, 0) is 160 Å². The zero-order valence-corrected chi connectivity index (χ0v) is 34.1. The van der Waals surface area contributed by atoms with E-state index in [0.29, 0.717) is 30.9 Å². The van der Waals surface area contributed by atoms with E-state index in [-0.39, 0.29) is 45.3 Å². The maximum absolute atomic E-state index is 13.2. The molecule has 2 heterocycles. The fourth-order valence-corrected chi connectivity index (χ4v) is 9.77. The Morgan fingerprint density at radius 1 is 0.735 bits per heavy atom. The third kappa shape index (κ3) is 8.35. The van der Waals surface area contributed by atoms with Gasteiger partial charge in [0.15, 0.2) is 5.41 Å². The highest BCUT2D eigenvalue weighted by Gasteiger charge is 2.58. The van der Waals surface area contributed by atoms with E-state index < -0.39 is 23.3 Å². The van der Waals surface area contributed by atoms with Gasteiger partial charge >= 0.3 is 11.9 Å². The van der Waals surface area contributed by atoms with Crippen LogP contribution in [0.25, 0.3) is 0 Å². The van der Waals surface area contributed by atoms with Crippen molar-refractivity contribution < 1.29 is 24.9 Å². The summed E-state index contributed by atoms with van der Waals surface area (Å²) in [5, 5.41) is 33.0. The van der Waals surface area contributed by atoms with Crippen LogP contribution >= 0.6 is 0 Å². The maximum Gasteiger partial charge on any atom is 0.321 e. The molecule has 0 aliphatic carbocycles. The quantitative estimate of drug-likeness (QED) is 0.211. The number of phenolic OH excluding ortho intramolecular Hbond substituents is 1. The van der Waals surface area contributed by atoms with Crippen molar-refractivity contribution in [2.75, 3.05) is 14.1 Å². The normalized spacial score (nSPS) is 22.9. The lowest BCUT2D eigenvalue weighted by molar-refractivity contribution is -0.176. The summed E-state index contributed by atoms with van der Waals surface area (Å²) in [5.41, 5.74) is 0.0408. The zero-order valence-electron chi connectivity index (χ0n) is 34.1. The second-order valence-electron chi connectivity index (χ2n) is 20.6. The second kappa shape index (κ2) is 13.5. The van der Waals surface area contributed by atoms with E-state index in [1.54, 1.807) is 0 Å². The molecule has 0 radical (unpaired) electrons. The lowest BCUT2D eigenvalue weighted by Crippen LogP contribution is -2.62. The Balaban J connectivity index is 2.08. The third-order valence-corrected chi connectivity index (χ3v) is 13.2. The Morgan fingerprint density at radius 3 is 1.45 bits per heavy atom. The minimum atomic E-state index is -1.84. The van der Waals surface area contributed by atoms with E-state index in [0.717, 1.165) is 36.8 Å². The summed E-state index contributed by atoms with van der Waals surface area (Å²) in [7, 11) is 4.28. The molecule has 0 saturated carbocycles. The molecule has 49 heavy (non-hydrogen) atoms. The van der Waals surface area contributed by atoms with Crippen molar-refractivity contribution in [3.05, 3.63) is 28.8 Å². The molecule has 2 saturated heterocycles. The van der Waals surface area contributed by atoms with Gasteiger partial charge in [0.1, 0.15) is 5.75 Å². The van der Waals surface area contributed by atoms with E-state index >= 15 is 0 Å². The number of rotatable bonds is 10. The average molecular weight is 685 g/mol. The van der Waals surface area contributed by atoms with E-state index in [1.165, 1.54) is 5.56 Å². The fraction of sp³-hybridized carbons (Fsp3) is 0.810. The summed E-state index contributed by atoms with van der Waals surface area (Å²) in [6.45, 7) is 30.5. The number of aromatic hydroxyl groups is 1. The first-order chi connectivity index (χ1) is 21.9. The number of hydrogen-bond acceptors (Lipinski definition) is 5. The number of phenols is 1.